The Morgan fingerprint density at radius 3 is 2.57 bits per heavy atom. The summed E-state index contributed by atoms with van der Waals surface area (Å²) in [5.74, 6) is -1.46. The Morgan fingerprint density at radius 1 is 1.35 bits per heavy atom. The molecule has 1 aliphatic rings. The van der Waals surface area contributed by atoms with Gasteiger partial charge >= 0.3 is 0 Å². The normalized spacial score (nSPS) is 19.4. The van der Waals surface area contributed by atoms with Gasteiger partial charge in [-0.25, -0.2) is 4.39 Å². The van der Waals surface area contributed by atoms with Crippen LogP contribution in [-0.4, -0.2) is 28.7 Å². The van der Waals surface area contributed by atoms with Crippen molar-refractivity contribution >= 4 is 29.2 Å². The molecule has 23 heavy (non-hydrogen) atoms. The Kier molecular flexibility index (Phi) is 6.08. The molecule has 1 atom stereocenters. The minimum Gasteiger partial charge on any atom is -0.591 e. The number of halogens is 2. The molecule has 4 nitrogen and oxygen atoms in total. The van der Waals surface area contributed by atoms with E-state index >= 15 is 0 Å². The van der Waals surface area contributed by atoms with E-state index in [-0.39, 0.29) is 0 Å². The third-order valence-electron chi connectivity index (χ3n) is 3.35. The zero-order chi connectivity index (χ0) is 17.1. The molecule has 1 saturated heterocycles. The first-order valence-electron chi connectivity index (χ1n) is 7.42. The minimum atomic E-state index is -1.30. The third-order valence-corrected chi connectivity index (χ3v) is 4.96. The first-order valence-corrected chi connectivity index (χ1v) is 8.90. The highest BCUT2D eigenvalue weighted by Crippen LogP contribution is 2.37. The first-order chi connectivity index (χ1) is 10.7. The number of hydrogen-bond donors (Lipinski definition) is 0. The van der Waals surface area contributed by atoms with E-state index in [2.05, 4.69) is 4.40 Å². The zero-order valence-electron chi connectivity index (χ0n) is 13.5. The molecule has 0 aliphatic carbocycles. The van der Waals surface area contributed by atoms with Crippen LogP contribution in [0.25, 0.3) is 0 Å². The van der Waals surface area contributed by atoms with Crippen molar-refractivity contribution in [2.24, 2.45) is 4.40 Å². The summed E-state index contributed by atoms with van der Waals surface area (Å²) in [6.07, 6.45) is 2.54. The second kappa shape index (κ2) is 7.49. The number of hydrogen-bond acceptors (Lipinski definition) is 4. The van der Waals surface area contributed by atoms with Crippen molar-refractivity contribution in [2.45, 2.75) is 44.1 Å². The Balaban J connectivity index is 2.08. The van der Waals surface area contributed by atoms with E-state index in [1.165, 1.54) is 12.1 Å². The van der Waals surface area contributed by atoms with Gasteiger partial charge in [0.05, 0.1) is 19.4 Å². The van der Waals surface area contributed by atoms with Crippen LogP contribution in [0.3, 0.4) is 0 Å². The molecule has 0 N–H and O–H groups in total. The van der Waals surface area contributed by atoms with Crippen LogP contribution >= 0.6 is 11.6 Å². The smallest absolute Gasteiger partial charge is 0.195 e. The van der Waals surface area contributed by atoms with Crippen LogP contribution in [0.1, 0.15) is 39.2 Å². The van der Waals surface area contributed by atoms with Gasteiger partial charge < -0.3 is 14.0 Å². The van der Waals surface area contributed by atoms with Crippen molar-refractivity contribution in [1.82, 2.24) is 0 Å². The largest absolute Gasteiger partial charge is 0.591 e. The molecule has 1 fully saturated rings. The fourth-order valence-electron chi connectivity index (χ4n) is 2.22. The van der Waals surface area contributed by atoms with Gasteiger partial charge in [0.1, 0.15) is 21.9 Å². The maximum atomic E-state index is 13.6. The third kappa shape index (κ3) is 4.90. The van der Waals surface area contributed by atoms with Gasteiger partial charge in [-0.2, -0.15) is 0 Å². The zero-order valence-corrected chi connectivity index (χ0v) is 15.0. The van der Waals surface area contributed by atoms with E-state index in [1.54, 1.807) is 12.3 Å². The second-order valence-electron chi connectivity index (χ2n) is 6.30. The summed E-state index contributed by atoms with van der Waals surface area (Å²) in [6.45, 7) is 6.44. The van der Waals surface area contributed by atoms with Crippen molar-refractivity contribution < 1.29 is 18.4 Å². The molecule has 0 unspecified atom stereocenters. The number of rotatable bonds is 5. The number of ether oxygens (including phenoxy) is 2. The first kappa shape index (κ1) is 18.7. The molecule has 0 radical (unpaired) electrons. The molecule has 7 heteroatoms. The molecule has 0 aromatic heterocycles. The summed E-state index contributed by atoms with van der Waals surface area (Å²) in [4.78, 5) is 0. The summed E-state index contributed by atoms with van der Waals surface area (Å²) in [5.41, 5.74) is 0.547. The van der Waals surface area contributed by atoms with Gasteiger partial charge in [-0.3, -0.25) is 0 Å². The summed E-state index contributed by atoms with van der Waals surface area (Å²) >= 11 is 4.63. The van der Waals surface area contributed by atoms with Gasteiger partial charge in [0.2, 0.25) is 0 Å². The van der Waals surface area contributed by atoms with Crippen LogP contribution in [0.4, 0.5) is 4.39 Å². The van der Waals surface area contributed by atoms with E-state index in [1.807, 2.05) is 20.8 Å². The maximum Gasteiger partial charge on any atom is 0.195 e. The van der Waals surface area contributed by atoms with Gasteiger partial charge in [0, 0.05) is 17.0 Å². The molecule has 1 aliphatic heterocycles. The predicted octanol–water partition coefficient (Wildman–Crippen LogP) is 3.99. The lowest BCUT2D eigenvalue weighted by atomic mass is 10.0. The van der Waals surface area contributed by atoms with Crippen LogP contribution in [-0.2, 0) is 26.6 Å². The molecule has 2 rings (SSSR count). The fourth-order valence-corrected chi connectivity index (χ4v) is 3.00. The second-order valence-corrected chi connectivity index (χ2v) is 8.67. The van der Waals surface area contributed by atoms with E-state index in [0.717, 1.165) is 0 Å². The summed E-state index contributed by atoms with van der Waals surface area (Å²) < 4.78 is 40.6. The minimum absolute atomic E-state index is 0.293. The molecular formula is C16H21ClFNO3S. The Bertz CT molecular complexity index is 551. The van der Waals surface area contributed by atoms with E-state index in [9.17, 15) is 8.94 Å². The van der Waals surface area contributed by atoms with E-state index in [4.69, 9.17) is 21.1 Å². The monoisotopic (exact) mass is 361 g/mol. The lowest BCUT2D eigenvalue weighted by molar-refractivity contribution is -0.169. The standard InChI is InChI=1S/C16H21ClFNO3S/c1-15(2,3)23(20)19-6-4-5-16(21-7-8-22-16)12-9-13(17)11-14(18)10-12/h6,9-11H,4-5,7-8H2,1-3H3/b19-6+/t23-/m1/s1. The Morgan fingerprint density at radius 2 is 2.00 bits per heavy atom. The number of nitrogens with zero attached hydrogens (tertiary/aromatic N) is 1. The Hall–Kier alpha value is -0.660. The molecule has 1 aromatic rings. The van der Waals surface area contributed by atoms with E-state index in [0.29, 0.717) is 36.6 Å². The van der Waals surface area contributed by atoms with Gasteiger partial charge in [0.25, 0.3) is 0 Å². The SMILES string of the molecule is CC(C)(C)[S@@+]([O-])/N=C/CCC1(c2cc(F)cc(Cl)c2)OCCO1. The number of benzene rings is 1. The van der Waals surface area contributed by atoms with E-state index < -0.39 is 27.7 Å². The van der Waals surface area contributed by atoms with Crippen LogP contribution in [0, 0.1) is 5.82 Å². The molecule has 0 bridgehead atoms. The average Bonchev–Trinajstić information content (AvgIpc) is 2.91. The highest BCUT2D eigenvalue weighted by Gasteiger charge is 2.38. The maximum absolute atomic E-state index is 13.6. The highest BCUT2D eigenvalue weighted by molar-refractivity contribution is 7.91. The van der Waals surface area contributed by atoms with Crippen molar-refractivity contribution in [3.05, 3.63) is 34.6 Å². The quantitative estimate of drug-likeness (QED) is 0.588. The summed E-state index contributed by atoms with van der Waals surface area (Å²) in [5, 5.41) is 0.293. The van der Waals surface area contributed by atoms with Crippen molar-refractivity contribution in [3.63, 3.8) is 0 Å². The van der Waals surface area contributed by atoms with Crippen LogP contribution < -0.4 is 0 Å². The molecule has 128 valence electrons. The molecule has 0 saturated carbocycles. The predicted molar refractivity (Wildman–Crippen MR) is 90.6 cm³/mol. The van der Waals surface area contributed by atoms with Gasteiger partial charge in [-0.1, -0.05) is 16.0 Å². The van der Waals surface area contributed by atoms with Crippen LogP contribution in [0.5, 0.6) is 0 Å². The lowest BCUT2D eigenvalue weighted by Gasteiger charge is -2.27. The van der Waals surface area contributed by atoms with Crippen molar-refractivity contribution in [1.29, 1.82) is 0 Å². The fraction of sp³-hybridized carbons (Fsp3) is 0.562. The molecular weight excluding hydrogens is 341 g/mol. The van der Waals surface area contributed by atoms with Gasteiger partial charge in [-0.05, 0) is 45.4 Å². The molecule has 1 aromatic carbocycles. The Labute approximate surface area is 144 Å². The molecule has 1 heterocycles. The van der Waals surface area contributed by atoms with Gasteiger partial charge in [0.15, 0.2) is 5.79 Å². The average molecular weight is 362 g/mol. The highest BCUT2D eigenvalue weighted by atomic mass is 35.5. The van der Waals surface area contributed by atoms with Crippen LogP contribution in [0.2, 0.25) is 5.02 Å². The molecule has 0 amide bonds. The summed E-state index contributed by atoms with van der Waals surface area (Å²) in [6, 6.07) is 4.24. The van der Waals surface area contributed by atoms with Crippen LogP contribution in [0.15, 0.2) is 22.6 Å². The van der Waals surface area contributed by atoms with Crippen molar-refractivity contribution in [2.75, 3.05) is 13.2 Å². The topological polar surface area (TPSA) is 53.9 Å². The van der Waals surface area contributed by atoms with Gasteiger partial charge in [-0.15, -0.1) is 0 Å². The molecule has 0 spiro atoms. The lowest BCUT2D eigenvalue weighted by Crippen LogP contribution is -2.28. The van der Waals surface area contributed by atoms with Crippen molar-refractivity contribution in [3.8, 4) is 0 Å². The summed E-state index contributed by atoms with van der Waals surface area (Å²) in [7, 11) is 0.